The number of nitrogens with one attached hydrogen (secondary N) is 1. The van der Waals surface area contributed by atoms with Crippen molar-refractivity contribution in [2.24, 2.45) is 0 Å². The van der Waals surface area contributed by atoms with Gasteiger partial charge in [-0.3, -0.25) is 9.10 Å². The van der Waals surface area contributed by atoms with Gasteiger partial charge in [0.2, 0.25) is 0 Å². The summed E-state index contributed by atoms with van der Waals surface area (Å²) in [5.74, 6) is 0.675. The molecule has 4 rings (SSSR count). The molecule has 1 heterocycles. The van der Waals surface area contributed by atoms with E-state index in [-0.39, 0.29) is 18.0 Å². The van der Waals surface area contributed by atoms with E-state index >= 15 is 0 Å². The summed E-state index contributed by atoms with van der Waals surface area (Å²) in [6.07, 6.45) is -0.988. The lowest BCUT2D eigenvalue weighted by Crippen LogP contribution is -2.50. The second kappa shape index (κ2) is 9.32. The summed E-state index contributed by atoms with van der Waals surface area (Å²) in [5.41, 5.74) is 1.28. The zero-order valence-corrected chi connectivity index (χ0v) is 18.4. The van der Waals surface area contributed by atoms with E-state index in [1.807, 2.05) is 31.2 Å². The highest BCUT2D eigenvalue weighted by Crippen LogP contribution is 2.36. The number of para-hydroxylation sites is 2. The van der Waals surface area contributed by atoms with Gasteiger partial charge < -0.3 is 14.8 Å². The van der Waals surface area contributed by atoms with E-state index in [2.05, 4.69) is 5.32 Å². The van der Waals surface area contributed by atoms with Gasteiger partial charge in [-0.1, -0.05) is 42.5 Å². The molecule has 1 atom stereocenters. The first-order valence-corrected chi connectivity index (χ1v) is 11.8. The Balaban J connectivity index is 1.54. The number of sulfonamides is 1. The molecule has 1 N–H and O–H groups in total. The van der Waals surface area contributed by atoms with Gasteiger partial charge in [0.25, 0.3) is 15.9 Å². The summed E-state index contributed by atoms with van der Waals surface area (Å²) in [6, 6.07) is 22.4. The third-order valence-corrected chi connectivity index (χ3v) is 6.83. The number of amides is 1. The highest BCUT2D eigenvalue weighted by molar-refractivity contribution is 7.92. The van der Waals surface area contributed by atoms with Gasteiger partial charge in [-0.2, -0.15) is 0 Å². The Morgan fingerprint density at radius 1 is 1.06 bits per heavy atom. The van der Waals surface area contributed by atoms with Crippen molar-refractivity contribution in [2.45, 2.75) is 24.5 Å². The Bertz CT molecular complexity index is 1200. The fourth-order valence-corrected chi connectivity index (χ4v) is 5.00. The van der Waals surface area contributed by atoms with Crippen LogP contribution in [-0.4, -0.2) is 33.6 Å². The molecule has 0 aromatic heterocycles. The Morgan fingerprint density at radius 3 is 2.59 bits per heavy atom. The standard InChI is InChI=1S/C24H24N2O5S/c1-2-30-19-10-8-9-18(15-19)16-25-24(27)23-17-26(21-13-6-7-14-22(21)31-23)32(28,29)20-11-4-3-5-12-20/h3-15,23H,2,16-17H2,1H3,(H,25,27). The van der Waals surface area contributed by atoms with Crippen LogP contribution in [0, 0.1) is 0 Å². The van der Waals surface area contributed by atoms with Crippen LogP contribution in [0.5, 0.6) is 11.5 Å². The average Bonchev–Trinajstić information content (AvgIpc) is 2.83. The van der Waals surface area contributed by atoms with Crippen molar-refractivity contribution in [2.75, 3.05) is 17.5 Å². The fraction of sp³-hybridized carbons (Fsp3) is 0.208. The minimum atomic E-state index is -3.86. The van der Waals surface area contributed by atoms with Gasteiger partial charge in [0.05, 0.1) is 23.7 Å². The second-order valence-corrected chi connectivity index (χ2v) is 9.08. The van der Waals surface area contributed by atoms with Crippen molar-refractivity contribution in [3.05, 3.63) is 84.4 Å². The molecule has 32 heavy (non-hydrogen) atoms. The predicted octanol–water partition coefficient (Wildman–Crippen LogP) is 3.36. The van der Waals surface area contributed by atoms with E-state index in [9.17, 15) is 13.2 Å². The van der Waals surface area contributed by atoms with Crippen LogP contribution in [0.1, 0.15) is 12.5 Å². The van der Waals surface area contributed by atoms with E-state index in [1.54, 1.807) is 42.5 Å². The molecular weight excluding hydrogens is 428 g/mol. The first-order chi connectivity index (χ1) is 15.5. The molecule has 166 valence electrons. The summed E-state index contributed by atoms with van der Waals surface area (Å²) in [7, 11) is -3.86. The first-order valence-electron chi connectivity index (χ1n) is 10.3. The van der Waals surface area contributed by atoms with Gasteiger partial charge in [-0.15, -0.1) is 0 Å². The zero-order valence-electron chi connectivity index (χ0n) is 17.6. The summed E-state index contributed by atoms with van der Waals surface area (Å²) >= 11 is 0. The molecule has 0 bridgehead atoms. The quantitative estimate of drug-likeness (QED) is 0.594. The van der Waals surface area contributed by atoms with Crippen LogP contribution in [0.15, 0.2) is 83.8 Å². The zero-order chi connectivity index (χ0) is 22.6. The normalized spacial score (nSPS) is 15.4. The largest absolute Gasteiger partial charge is 0.494 e. The van der Waals surface area contributed by atoms with Gasteiger partial charge in [0.15, 0.2) is 6.10 Å². The minimum Gasteiger partial charge on any atom is -0.494 e. The van der Waals surface area contributed by atoms with Crippen LogP contribution >= 0.6 is 0 Å². The number of hydrogen-bond acceptors (Lipinski definition) is 5. The van der Waals surface area contributed by atoms with Crippen molar-refractivity contribution in [3.8, 4) is 11.5 Å². The van der Waals surface area contributed by atoms with Gasteiger partial charge in [-0.05, 0) is 48.9 Å². The fourth-order valence-electron chi connectivity index (χ4n) is 3.50. The summed E-state index contributed by atoms with van der Waals surface area (Å²) < 4.78 is 39.2. The molecule has 8 heteroatoms. The Labute approximate surface area is 187 Å². The maximum Gasteiger partial charge on any atom is 0.264 e. The van der Waals surface area contributed by atoms with Crippen LogP contribution in [0.3, 0.4) is 0 Å². The summed E-state index contributed by atoms with van der Waals surface area (Å²) in [6.45, 7) is 2.60. The topological polar surface area (TPSA) is 84.9 Å². The molecule has 7 nitrogen and oxygen atoms in total. The third-order valence-electron chi connectivity index (χ3n) is 5.03. The van der Waals surface area contributed by atoms with Crippen LogP contribution in [0.2, 0.25) is 0 Å². The lowest BCUT2D eigenvalue weighted by atomic mass is 10.2. The van der Waals surface area contributed by atoms with Crippen LogP contribution in [-0.2, 0) is 21.4 Å². The van der Waals surface area contributed by atoms with E-state index in [1.165, 1.54) is 16.4 Å². The number of anilines is 1. The van der Waals surface area contributed by atoms with Gasteiger partial charge in [0.1, 0.15) is 11.5 Å². The minimum absolute atomic E-state index is 0.126. The van der Waals surface area contributed by atoms with Crippen molar-refractivity contribution in [1.82, 2.24) is 5.32 Å². The maximum atomic E-state index is 13.3. The van der Waals surface area contributed by atoms with Crippen molar-refractivity contribution < 1.29 is 22.7 Å². The molecule has 0 aliphatic carbocycles. The number of carbonyl (C=O) groups is 1. The molecular formula is C24H24N2O5S. The molecule has 1 amide bonds. The van der Waals surface area contributed by atoms with Crippen molar-refractivity contribution in [1.29, 1.82) is 0 Å². The molecule has 0 saturated heterocycles. The highest BCUT2D eigenvalue weighted by atomic mass is 32.2. The van der Waals surface area contributed by atoms with Gasteiger partial charge >= 0.3 is 0 Å². The third kappa shape index (κ3) is 4.55. The van der Waals surface area contributed by atoms with Crippen LogP contribution in [0.4, 0.5) is 5.69 Å². The second-order valence-electron chi connectivity index (χ2n) is 7.22. The summed E-state index contributed by atoms with van der Waals surface area (Å²) in [4.78, 5) is 13.1. The average molecular weight is 453 g/mol. The van der Waals surface area contributed by atoms with Crippen molar-refractivity contribution >= 4 is 21.6 Å². The molecule has 0 saturated carbocycles. The number of hydrogen-bond donors (Lipinski definition) is 1. The smallest absolute Gasteiger partial charge is 0.264 e. The molecule has 3 aromatic rings. The molecule has 0 radical (unpaired) electrons. The summed E-state index contributed by atoms with van der Waals surface area (Å²) in [5, 5.41) is 2.84. The van der Waals surface area contributed by atoms with Gasteiger partial charge in [-0.25, -0.2) is 8.42 Å². The molecule has 0 fully saturated rings. The lowest BCUT2D eigenvalue weighted by molar-refractivity contribution is -0.127. The number of rotatable bonds is 7. The van der Waals surface area contributed by atoms with Crippen LogP contribution in [0.25, 0.3) is 0 Å². The number of fused-ring (bicyclic) bond motifs is 1. The molecule has 1 aliphatic rings. The number of nitrogens with zero attached hydrogens (tertiary/aromatic N) is 1. The highest BCUT2D eigenvalue weighted by Gasteiger charge is 2.37. The maximum absolute atomic E-state index is 13.3. The van der Waals surface area contributed by atoms with E-state index in [0.717, 1.165) is 11.3 Å². The molecule has 1 unspecified atom stereocenters. The Hall–Kier alpha value is -3.52. The van der Waals surface area contributed by atoms with E-state index in [0.29, 0.717) is 18.0 Å². The monoisotopic (exact) mass is 452 g/mol. The van der Waals surface area contributed by atoms with Gasteiger partial charge in [0, 0.05) is 6.54 Å². The molecule has 1 aliphatic heterocycles. The van der Waals surface area contributed by atoms with Crippen molar-refractivity contribution in [3.63, 3.8) is 0 Å². The Kier molecular flexibility index (Phi) is 6.32. The first kappa shape index (κ1) is 21.7. The lowest BCUT2D eigenvalue weighted by Gasteiger charge is -2.34. The number of ether oxygens (including phenoxy) is 2. The molecule has 3 aromatic carbocycles. The van der Waals surface area contributed by atoms with E-state index in [4.69, 9.17) is 9.47 Å². The number of benzene rings is 3. The number of carbonyl (C=O) groups excluding carboxylic acids is 1. The Morgan fingerprint density at radius 2 is 1.81 bits per heavy atom. The molecule has 0 spiro atoms. The van der Waals surface area contributed by atoms with Crippen LogP contribution < -0.4 is 19.1 Å². The SMILES string of the molecule is CCOc1cccc(CNC(=O)C2CN(S(=O)(=O)c3ccccc3)c3ccccc3O2)c1. The predicted molar refractivity (Wildman–Crippen MR) is 121 cm³/mol. The van der Waals surface area contributed by atoms with E-state index < -0.39 is 22.0 Å².